The maximum Gasteiger partial charge on any atom is 0.395 e. The highest BCUT2D eigenvalue weighted by Gasteiger charge is 2.56. The van der Waals surface area contributed by atoms with E-state index in [1.54, 1.807) is 0 Å². The Morgan fingerprint density at radius 1 is 0.684 bits per heavy atom. The first kappa shape index (κ1) is 40.0. The number of aliphatic hydroxyl groups excluding tert-OH is 1. The van der Waals surface area contributed by atoms with E-state index in [-0.39, 0.29) is 44.3 Å². The number of benzene rings is 4. The third-order valence-electron chi connectivity index (χ3n) is 12.7. The minimum absolute atomic E-state index is 0.0254. The van der Waals surface area contributed by atoms with E-state index in [2.05, 4.69) is 74.7 Å². The van der Waals surface area contributed by atoms with Gasteiger partial charge in [-0.05, 0) is 74.2 Å². The van der Waals surface area contributed by atoms with Crippen LogP contribution in [0.25, 0.3) is 0 Å². The molecule has 9 nitrogen and oxygen atoms in total. The molecule has 0 bridgehead atoms. The molecule has 2 fully saturated rings. The number of carbonyl (C=O) groups excluding carboxylic acids is 2. The molecule has 0 spiro atoms. The number of nitrogens with one attached hydrogen (secondary N) is 2. The van der Waals surface area contributed by atoms with Gasteiger partial charge in [0.15, 0.2) is 18.2 Å². The number of piperazine rings is 2. The minimum atomic E-state index is -1.73. The van der Waals surface area contributed by atoms with E-state index in [0.717, 1.165) is 16.7 Å². The maximum atomic E-state index is 14.2. The molecule has 7 atom stereocenters. The predicted molar refractivity (Wildman–Crippen MR) is 221 cm³/mol. The van der Waals surface area contributed by atoms with Crippen LogP contribution < -0.4 is 10.6 Å². The number of aliphatic hydroxyl groups is 1. The number of fused-ring (bicyclic) bond motifs is 2. The largest absolute Gasteiger partial charge is 0.395 e. The summed E-state index contributed by atoms with van der Waals surface area (Å²) in [7, 11) is 0. The second-order valence-electron chi connectivity index (χ2n) is 17.9. The number of nitrogens with zero attached hydrogens (tertiary/aromatic N) is 2. The Bertz CT molecular complexity index is 2130. The van der Waals surface area contributed by atoms with E-state index < -0.39 is 24.5 Å². The molecule has 2 heterocycles. The van der Waals surface area contributed by atoms with Crippen LogP contribution in [0.2, 0.25) is 10.0 Å². The van der Waals surface area contributed by atoms with Crippen molar-refractivity contribution in [3.8, 4) is 0 Å². The molecule has 2 aliphatic carbocycles. The third kappa shape index (κ3) is 8.00. The Morgan fingerprint density at radius 3 is 1.56 bits per heavy atom. The van der Waals surface area contributed by atoms with Gasteiger partial charge in [0.05, 0.1) is 17.5 Å². The fourth-order valence-electron chi connectivity index (χ4n) is 10.5. The molecule has 4 aromatic carbocycles. The lowest BCUT2D eigenvalue weighted by Crippen LogP contribution is -2.68. The number of hydrogen-bond acceptors (Lipinski definition) is 7. The summed E-state index contributed by atoms with van der Waals surface area (Å²) in [6.45, 7) is 11.6. The molecule has 0 amide bonds. The van der Waals surface area contributed by atoms with Gasteiger partial charge < -0.3 is 15.7 Å². The fraction of sp³-hybridized carbons (Fsp3) is 0.435. The summed E-state index contributed by atoms with van der Waals surface area (Å²) >= 11 is 13.3. The summed E-state index contributed by atoms with van der Waals surface area (Å²) in [5.41, 5.74) is 6.05. The standard InChI is InChI=1S/C46H54Cl2N4O5/c1-45(2)28-51(21-19-49-45,40-25-36(30-11-7-5-8-12-30)34-17-15-32(47)23-38(34)40)56-43(54)27-42(53)44(55)57-52(22-20-50-46(3,4)29-52)41-26-37(31-13-9-6-10-14-31)35-18-16-33(48)24-39(35)41/h5-18,23-24,36-37,40-42,49-50,53H,19-22,25-29H2,1-4H3/q+2/t36-,37-,40-,41-,42?,51?,52?/m1/s1. The fourth-order valence-corrected chi connectivity index (χ4v) is 10.8. The molecule has 3 unspecified atom stereocenters. The summed E-state index contributed by atoms with van der Waals surface area (Å²) in [4.78, 5) is 41.5. The first-order valence-electron chi connectivity index (χ1n) is 20.2. The molecule has 0 saturated carbocycles. The molecule has 300 valence electrons. The van der Waals surface area contributed by atoms with Crippen LogP contribution in [-0.2, 0) is 19.3 Å². The predicted octanol–water partition coefficient (Wildman–Crippen LogP) is 7.91. The zero-order valence-electron chi connectivity index (χ0n) is 33.2. The number of halogens is 2. The summed E-state index contributed by atoms with van der Waals surface area (Å²) in [5, 5.41) is 20.0. The van der Waals surface area contributed by atoms with E-state index in [9.17, 15) is 14.7 Å². The van der Waals surface area contributed by atoms with Crippen LogP contribution in [-0.4, -0.2) is 82.8 Å². The van der Waals surface area contributed by atoms with Gasteiger partial charge in [0, 0.05) is 58.9 Å². The molecular formula is C46H54Cl2N4O5+2. The van der Waals surface area contributed by atoms with Crippen LogP contribution in [0, 0.1) is 0 Å². The van der Waals surface area contributed by atoms with Gasteiger partial charge in [-0.25, -0.2) is 9.59 Å². The summed E-state index contributed by atoms with van der Waals surface area (Å²) in [6.07, 6.45) is -0.851. The summed E-state index contributed by atoms with van der Waals surface area (Å²) in [6, 6.07) is 32.3. The van der Waals surface area contributed by atoms with Crippen molar-refractivity contribution in [2.75, 3.05) is 39.3 Å². The molecule has 0 aromatic heterocycles. The Morgan fingerprint density at radius 2 is 1.12 bits per heavy atom. The van der Waals surface area contributed by atoms with Gasteiger partial charge in [-0.3, -0.25) is 9.68 Å². The Labute approximate surface area is 346 Å². The molecule has 4 aromatic rings. The van der Waals surface area contributed by atoms with E-state index in [1.807, 2.05) is 60.7 Å². The number of quaternary nitrogens is 2. The van der Waals surface area contributed by atoms with Gasteiger partial charge in [-0.2, -0.15) is 0 Å². The molecule has 3 N–H and O–H groups in total. The van der Waals surface area contributed by atoms with Crippen molar-refractivity contribution in [1.29, 1.82) is 0 Å². The van der Waals surface area contributed by atoms with Crippen molar-refractivity contribution >= 4 is 35.1 Å². The van der Waals surface area contributed by atoms with Crippen molar-refractivity contribution in [2.24, 2.45) is 0 Å². The number of hydrogen-bond donors (Lipinski definition) is 3. The van der Waals surface area contributed by atoms with E-state index in [1.165, 1.54) is 16.7 Å². The van der Waals surface area contributed by atoms with Crippen LogP contribution in [0.1, 0.15) is 104 Å². The van der Waals surface area contributed by atoms with E-state index in [0.29, 0.717) is 62.2 Å². The van der Waals surface area contributed by atoms with Crippen LogP contribution in [0.5, 0.6) is 0 Å². The quantitative estimate of drug-likeness (QED) is 0.148. The lowest BCUT2D eigenvalue weighted by atomic mass is 9.93. The highest BCUT2D eigenvalue weighted by Crippen LogP contribution is 2.53. The smallest absolute Gasteiger partial charge is 0.381 e. The molecule has 2 saturated heterocycles. The lowest BCUT2D eigenvalue weighted by molar-refractivity contribution is -1.12. The van der Waals surface area contributed by atoms with E-state index >= 15 is 0 Å². The van der Waals surface area contributed by atoms with Gasteiger partial charge in [-0.1, -0.05) is 96.0 Å². The van der Waals surface area contributed by atoms with Crippen molar-refractivity contribution in [1.82, 2.24) is 10.6 Å². The number of carbonyl (C=O) groups is 2. The average Bonchev–Trinajstić information content (AvgIpc) is 3.74. The van der Waals surface area contributed by atoms with Crippen molar-refractivity contribution in [3.63, 3.8) is 0 Å². The molecule has 8 rings (SSSR count). The van der Waals surface area contributed by atoms with Crippen molar-refractivity contribution < 1.29 is 33.7 Å². The van der Waals surface area contributed by atoms with Crippen LogP contribution in [0.15, 0.2) is 97.1 Å². The highest BCUT2D eigenvalue weighted by atomic mass is 35.5. The Hall–Kier alpha value is -3.80. The van der Waals surface area contributed by atoms with Crippen molar-refractivity contribution in [3.05, 3.63) is 140 Å². The number of hydroxylamine groups is 6. The Balaban J connectivity index is 1.06. The monoisotopic (exact) mass is 812 g/mol. The zero-order chi connectivity index (χ0) is 40.2. The van der Waals surface area contributed by atoms with Crippen LogP contribution in [0.4, 0.5) is 0 Å². The molecule has 0 radical (unpaired) electrons. The third-order valence-corrected chi connectivity index (χ3v) is 13.2. The summed E-state index contributed by atoms with van der Waals surface area (Å²) in [5.74, 6) is -1.32. The number of rotatable bonds is 9. The zero-order valence-corrected chi connectivity index (χ0v) is 34.7. The van der Waals surface area contributed by atoms with E-state index in [4.69, 9.17) is 32.9 Å². The van der Waals surface area contributed by atoms with Gasteiger partial charge >= 0.3 is 11.9 Å². The second-order valence-corrected chi connectivity index (χ2v) is 18.7. The van der Waals surface area contributed by atoms with Gasteiger partial charge in [0.25, 0.3) is 0 Å². The lowest BCUT2D eigenvalue weighted by Gasteiger charge is -2.48. The molecule has 11 heteroatoms. The second kappa shape index (κ2) is 15.4. The molecule has 4 aliphatic rings. The van der Waals surface area contributed by atoms with Crippen molar-refractivity contribution in [2.45, 2.75) is 88.1 Å². The van der Waals surface area contributed by atoms with Gasteiger partial charge in [0.1, 0.15) is 26.2 Å². The van der Waals surface area contributed by atoms with Gasteiger partial charge in [-0.15, -0.1) is 9.29 Å². The maximum absolute atomic E-state index is 14.2. The Kier molecular flexibility index (Phi) is 10.8. The SMILES string of the molecule is CC1(C)C[N+](OC(=O)CC(O)C(=O)O[N+]2([C@@H]3C[C@H](c4ccccc4)c4ccc(Cl)cc43)CCNC(C)(C)C2)([C@@H]2C[C@H](c3ccccc3)c3ccc(Cl)cc32)CCN1. The normalized spacial score (nSPS) is 29.2. The average molecular weight is 814 g/mol. The minimum Gasteiger partial charge on any atom is -0.381 e. The van der Waals surface area contributed by atoms with Crippen LogP contribution >= 0.6 is 23.2 Å². The molecular weight excluding hydrogens is 759 g/mol. The molecule has 57 heavy (non-hydrogen) atoms. The first-order valence-corrected chi connectivity index (χ1v) is 21.0. The summed E-state index contributed by atoms with van der Waals surface area (Å²) < 4.78 is -0.000402. The van der Waals surface area contributed by atoms with Gasteiger partial charge in [0.2, 0.25) is 0 Å². The first-order chi connectivity index (χ1) is 27.2. The highest BCUT2D eigenvalue weighted by molar-refractivity contribution is 6.31. The molecule has 2 aliphatic heterocycles. The van der Waals surface area contributed by atoms with Crippen LogP contribution in [0.3, 0.4) is 0 Å². The topological polar surface area (TPSA) is 96.9 Å².